The summed E-state index contributed by atoms with van der Waals surface area (Å²) in [6, 6.07) is 13.9. The van der Waals surface area contributed by atoms with Crippen molar-refractivity contribution >= 4 is 17.8 Å². The lowest BCUT2D eigenvalue weighted by Gasteiger charge is -2.11. The first-order chi connectivity index (χ1) is 13.0. The van der Waals surface area contributed by atoms with E-state index in [2.05, 4.69) is 0 Å². The van der Waals surface area contributed by atoms with E-state index in [1.165, 1.54) is 6.26 Å². The van der Waals surface area contributed by atoms with Gasteiger partial charge in [-0.05, 0) is 49.7 Å². The SMILES string of the molecule is Cc1ccccc1C(=O)Oc1ccc2c(c1C)O/C(=C\c1ccco1)C2=O. The lowest BCUT2D eigenvalue weighted by Crippen LogP contribution is -2.11. The highest BCUT2D eigenvalue weighted by atomic mass is 16.5. The van der Waals surface area contributed by atoms with Gasteiger partial charge < -0.3 is 13.9 Å². The molecule has 4 rings (SSSR count). The van der Waals surface area contributed by atoms with E-state index in [4.69, 9.17) is 13.9 Å². The van der Waals surface area contributed by atoms with Crippen molar-refractivity contribution in [3.05, 3.63) is 88.6 Å². The number of hydrogen-bond donors (Lipinski definition) is 0. The number of furan rings is 1. The molecule has 1 aromatic heterocycles. The van der Waals surface area contributed by atoms with Crippen molar-refractivity contribution < 1.29 is 23.5 Å². The van der Waals surface area contributed by atoms with E-state index in [9.17, 15) is 9.59 Å². The molecule has 5 nitrogen and oxygen atoms in total. The van der Waals surface area contributed by atoms with Crippen LogP contribution >= 0.6 is 0 Å². The number of carbonyl (C=O) groups excluding carboxylic acids is 2. The summed E-state index contributed by atoms with van der Waals surface area (Å²) in [5.41, 5.74) is 2.34. The number of Topliss-reactive ketones (excluding diaryl/α,β-unsaturated/α-hetero) is 1. The van der Waals surface area contributed by atoms with E-state index >= 15 is 0 Å². The maximum absolute atomic E-state index is 12.5. The second-order valence-electron chi connectivity index (χ2n) is 6.23. The fourth-order valence-corrected chi connectivity index (χ4v) is 2.94. The Morgan fingerprint density at radius 1 is 1.04 bits per heavy atom. The van der Waals surface area contributed by atoms with Gasteiger partial charge in [0, 0.05) is 11.6 Å². The summed E-state index contributed by atoms with van der Waals surface area (Å²) in [4.78, 5) is 25.0. The highest BCUT2D eigenvalue weighted by Crippen LogP contribution is 2.39. The molecule has 0 bridgehead atoms. The van der Waals surface area contributed by atoms with Crippen molar-refractivity contribution in [2.24, 2.45) is 0 Å². The average molecular weight is 360 g/mol. The van der Waals surface area contributed by atoms with Crippen molar-refractivity contribution in [1.29, 1.82) is 0 Å². The third-order valence-corrected chi connectivity index (χ3v) is 4.42. The van der Waals surface area contributed by atoms with E-state index in [1.54, 1.807) is 49.4 Å². The van der Waals surface area contributed by atoms with Crippen LogP contribution in [0.5, 0.6) is 11.5 Å². The topological polar surface area (TPSA) is 65.7 Å². The number of aryl methyl sites for hydroxylation is 1. The first-order valence-corrected chi connectivity index (χ1v) is 8.44. The van der Waals surface area contributed by atoms with Crippen molar-refractivity contribution in [3.8, 4) is 11.5 Å². The number of ketones is 1. The lowest BCUT2D eigenvalue weighted by molar-refractivity contribution is 0.0732. The molecule has 0 saturated carbocycles. The van der Waals surface area contributed by atoms with E-state index in [1.807, 2.05) is 19.1 Å². The van der Waals surface area contributed by atoms with Crippen LogP contribution in [0.4, 0.5) is 0 Å². The smallest absolute Gasteiger partial charge is 0.343 e. The highest BCUT2D eigenvalue weighted by molar-refractivity contribution is 6.14. The number of ether oxygens (including phenoxy) is 2. The van der Waals surface area contributed by atoms with Crippen molar-refractivity contribution in [2.45, 2.75) is 13.8 Å². The molecular formula is C22H16O5. The molecule has 0 saturated heterocycles. The first-order valence-electron chi connectivity index (χ1n) is 8.44. The molecule has 0 spiro atoms. The molecule has 0 amide bonds. The number of allylic oxidation sites excluding steroid dienone is 1. The Bertz CT molecular complexity index is 1070. The second-order valence-corrected chi connectivity index (χ2v) is 6.23. The molecule has 1 aliphatic heterocycles. The molecule has 27 heavy (non-hydrogen) atoms. The Kier molecular flexibility index (Phi) is 4.12. The molecule has 2 aromatic carbocycles. The van der Waals surface area contributed by atoms with Crippen LogP contribution in [-0.2, 0) is 0 Å². The first kappa shape index (κ1) is 16.8. The molecule has 2 heterocycles. The average Bonchev–Trinajstić information content (AvgIpc) is 3.27. The van der Waals surface area contributed by atoms with Gasteiger partial charge in [0.05, 0.1) is 17.4 Å². The fraction of sp³-hybridized carbons (Fsp3) is 0.0909. The molecule has 0 fully saturated rings. The number of fused-ring (bicyclic) bond motifs is 1. The van der Waals surface area contributed by atoms with Gasteiger partial charge in [-0.2, -0.15) is 0 Å². The van der Waals surface area contributed by atoms with Crippen LogP contribution in [0.1, 0.15) is 37.6 Å². The molecule has 0 N–H and O–H groups in total. The quantitative estimate of drug-likeness (QED) is 0.384. The van der Waals surface area contributed by atoms with Gasteiger partial charge in [-0.15, -0.1) is 0 Å². The minimum atomic E-state index is -0.452. The van der Waals surface area contributed by atoms with Gasteiger partial charge in [0.15, 0.2) is 5.76 Å². The summed E-state index contributed by atoms with van der Waals surface area (Å²) < 4.78 is 16.5. The van der Waals surface area contributed by atoms with Crippen LogP contribution in [-0.4, -0.2) is 11.8 Å². The number of carbonyl (C=O) groups is 2. The molecule has 3 aromatic rings. The zero-order valence-electron chi connectivity index (χ0n) is 14.8. The van der Waals surface area contributed by atoms with E-state index < -0.39 is 5.97 Å². The number of rotatable bonds is 3. The Morgan fingerprint density at radius 2 is 1.85 bits per heavy atom. The normalized spacial score (nSPS) is 14.1. The van der Waals surface area contributed by atoms with Gasteiger partial charge in [-0.3, -0.25) is 4.79 Å². The zero-order chi connectivity index (χ0) is 19.0. The molecule has 134 valence electrons. The van der Waals surface area contributed by atoms with Gasteiger partial charge >= 0.3 is 5.97 Å². The predicted molar refractivity (Wildman–Crippen MR) is 99.0 cm³/mol. The molecule has 0 radical (unpaired) electrons. The second kappa shape index (κ2) is 6.61. The fourth-order valence-electron chi connectivity index (χ4n) is 2.94. The van der Waals surface area contributed by atoms with E-state index in [-0.39, 0.29) is 11.5 Å². The van der Waals surface area contributed by atoms with Crippen LogP contribution in [0.3, 0.4) is 0 Å². The van der Waals surface area contributed by atoms with Crippen LogP contribution < -0.4 is 9.47 Å². The number of benzene rings is 2. The van der Waals surface area contributed by atoms with Gasteiger partial charge in [-0.25, -0.2) is 4.79 Å². The summed E-state index contributed by atoms with van der Waals surface area (Å²) >= 11 is 0. The minimum absolute atomic E-state index is 0.172. The molecule has 5 heteroatoms. The van der Waals surface area contributed by atoms with Crippen molar-refractivity contribution in [3.63, 3.8) is 0 Å². The number of esters is 1. The maximum Gasteiger partial charge on any atom is 0.343 e. The molecule has 0 aliphatic carbocycles. The lowest BCUT2D eigenvalue weighted by atomic mass is 10.1. The third kappa shape index (κ3) is 3.04. The van der Waals surface area contributed by atoms with Crippen LogP contribution in [0.25, 0.3) is 6.08 Å². The van der Waals surface area contributed by atoms with E-state index in [0.29, 0.717) is 33.9 Å². The summed E-state index contributed by atoms with van der Waals surface area (Å²) in [7, 11) is 0. The van der Waals surface area contributed by atoms with Crippen molar-refractivity contribution in [2.75, 3.05) is 0 Å². The molecular weight excluding hydrogens is 344 g/mol. The number of hydrogen-bond acceptors (Lipinski definition) is 5. The zero-order valence-corrected chi connectivity index (χ0v) is 14.8. The Morgan fingerprint density at radius 3 is 2.59 bits per heavy atom. The van der Waals surface area contributed by atoms with Gasteiger partial charge in [0.25, 0.3) is 0 Å². The van der Waals surface area contributed by atoms with Gasteiger partial charge in [0.2, 0.25) is 5.78 Å². The molecule has 0 unspecified atom stereocenters. The van der Waals surface area contributed by atoms with Crippen LogP contribution in [0.2, 0.25) is 0 Å². The Hall–Kier alpha value is -3.60. The predicted octanol–water partition coefficient (Wildman–Crippen LogP) is 4.73. The Labute approximate surface area is 155 Å². The van der Waals surface area contributed by atoms with Crippen LogP contribution in [0.15, 0.2) is 65.0 Å². The largest absolute Gasteiger partial charge is 0.465 e. The summed E-state index contributed by atoms with van der Waals surface area (Å²) in [6.45, 7) is 3.60. The molecule has 1 aliphatic rings. The highest BCUT2D eigenvalue weighted by Gasteiger charge is 2.31. The van der Waals surface area contributed by atoms with E-state index in [0.717, 1.165) is 5.56 Å². The van der Waals surface area contributed by atoms with Crippen LogP contribution in [0, 0.1) is 13.8 Å². The molecule has 0 atom stereocenters. The summed E-state index contributed by atoms with van der Waals surface area (Å²) in [6.07, 6.45) is 3.06. The minimum Gasteiger partial charge on any atom is -0.465 e. The summed E-state index contributed by atoms with van der Waals surface area (Å²) in [5, 5.41) is 0. The monoisotopic (exact) mass is 360 g/mol. The maximum atomic E-state index is 12.5. The van der Waals surface area contributed by atoms with Crippen molar-refractivity contribution in [1.82, 2.24) is 0 Å². The Balaban J connectivity index is 1.64. The standard InChI is InChI=1S/C22H16O5/c1-13-6-3-4-8-16(13)22(24)27-18-10-9-17-20(23)19(26-21(17)14(18)2)12-15-7-5-11-25-15/h3-12H,1-2H3/b19-12-. The van der Waals surface area contributed by atoms with Gasteiger partial charge in [0.1, 0.15) is 17.3 Å². The van der Waals surface area contributed by atoms with Gasteiger partial charge in [-0.1, -0.05) is 18.2 Å². The summed E-state index contributed by atoms with van der Waals surface area (Å²) in [5.74, 6) is 0.760. The third-order valence-electron chi connectivity index (χ3n) is 4.42.